The predicted octanol–water partition coefficient (Wildman–Crippen LogP) is 1.40. The zero-order valence-corrected chi connectivity index (χ0v) is 9.44. The third-order valence-electron chi connectivity index (χ3n) is 2.57. The van der Waals surface area contributed by atoms with Crippen molar-refractivity contribution in [3.8, 4) is 0 Å². The number of nitrogens with one attached hydrogen (secondary N) is 2. The molecule has 4 nitrogen and oxygen atoms in total. The van der Waals surface area contributed by atoms with Crippen LogP contribution in [0.25, 0.3) is 0 Å². The Morgan fingerprint density at radius 2 is 1.88 bits per heavy atom. The van der Waals surface area contributed by atoms with Gasteiger partial charge in [0.15, 0.2) is 0 Å². The standard InChI is InChI=1S/C13H15N3O/c14-7-10-1-3-11(4-2-10)8-16-13(17)12-5-6-15-9-12/h1-6,9,15H,7-8,14H2,(H,16,17). The predicted molar refractivity (Wildman–Crippen MR) is 66.3 cm³/mol. The molecule has 1 amide bonds. The normalized spacial score (nSPS) is 10.2. The van der Waals surface area contributed by atoms with E-state index < -0.39 is 0 Å². The third kappa shape index (κ3) is 2.95. The van der Waals surface area contributed by atoms with E-state index in [9.17, 15) is 4.79 Å². The first-order valence-corrected chi connectivity index (χ1v) is 5.48. The van der Waals surface area contributed by atoms with Crippen LogP contribution in [-0.2, 0) is 13.1 Å². The number of hydrogen-bond acceptors (Lipinski definition) is 2. The molecule has 0 fully saturated rings. The fraction of sp³-hybridized carbons (Fsp3) is 0.154. The summed E-state index contributed by atoms with van der Waals surface area (Å²) in [6, 6.07) is 9.63. The second kappa shape index (κ2) is 5.32. The van der Waals surface area contributed by atoms with Crippen LogP contribution in [0.1, 0.15) is 21.5 Å². The van der Waals surface area contributed by atoms with E-state index in [1.807, 2.05) is 24.3 Å². The smallest absolute Gasteiger partial charge is 0.253 e. The van der Waals surface area contributed by atoms with Crippen LogP contribution in [0.2, 0.25) is 0 Å². The number of benzene rings is 1. The molecule has 0 bridgehead atoms. The molecule has 1 aromatic carbocycles. The molecule has 1 aromatic heterocycles. The van der Waals surface area contributed by atoms with Crippen LogP contribution in [0, 0.1) is 0 Å². The largest absolute Gasteiger partial charge is 0.367 e. The lowest BCUT2D eigenvalue weighted by atomic mass is 10.1. The number of carbonyl (C=O) groups excluding carboxylic acids is 1. The number of aromatic nitrogens is 1. The summed E-state index contributed by atoms with van der Waals surface area (Å²) >= 11 is 0. The molecule has 0 spiro atoms. The monoisotopic (exact) mass is 229 g/mol. The molecular formula is C13H15N3O. The summed E-state index contributed by atoms with van der Waals surface area (Å²) in [4.78, 5) is 14.5. The summed E-state index contributed by atoms with van der Waals surface area (Å²) in [5.41, 5.74) is 8.31. The number of amides is 1. The van der Waals surface area contributed by atoms with Gasteiger partial charge < -0.3 is 16.0 Å². The van der Waals surface area contributed by atoms with Gasteiger partial charge in [0.1, 0.15) is 0 Å². The van der Waals surface area contributed by atoms with Crippen molar-refractivity contribution in [2.75, 3.05) is 0 Å². The molecule has 1 heterocycles. The first-order chi connectivity index (χ1) is 8.29. The van der Waals surface area contributed by atoms with Gasteiger partial charge in [0, 0.05) is 25.5 Å². The van der Waals surface area contributed by atoms with E-state index in [-0.39, 0.29) is 5.91 Å². The molecular weight excluding hydrogens is 214 g/mol. The highest BCUT2D eigenvalue weighted by molar-refractivity contribution is 5.93. The van der Waals surface area contributed by atoms with Crippen molar-refractivity contribution >= 4 is 5.91 Å². The summed E-state index contributed by atoms with van der Waals surface area (Å²) in [7, 11) is 0. The zero-order valence-electron chi connectivity index (χ0n) is 9.44. The van der Waals surface area contributed by atoms with Crippen molar-refractivity contribution < 1.29 is 4.79 Å². The Labute approximate surface area is 99.8 Å². The molecule has 2 rings (SSSR count). The van der Waals surface area contributed by atoms with Crippen LogP contribution < -0.4 is 11.1 Å². The Morgan fingerprint density at radius 3 is 2.47 bits per heavy atom. The number of H-pyrrole nitrogens is 1. The number of aromatic amines is 1. The second-order valence-corrected chi connectivity index (χ2v) is 3.80. The Balaban J connectivity index is 1.91. The van der Waals surface area contributed by atoms with Gasteiger partial charge in [0.25, 0.3) is 5.91 Å². The van der Waals surface area contributed by atoms with Crippen molar-refractivity contribution in [1.82, 2.24) is 10.3 Å². The summed E-state index contributed by atoms with van der Waals surface area (Å²) < 4.78 is 0. The van der Waals surface area contributed by atoms with E-state index >= 15 is 0 Å². The number of hydrogen-bond donors (Lipinski definition) is 3. The minimum atomic E-state index is -0.0749. The molecule has 2 aromatic rings. The average molecular weight is 229 g/mol. The van der Waals surface area contributed by atoms with Crippen molar-refractivity contribution in [3.63, 3.8) is 0 Å². The Kier molecular flexibility index (Phi) is 3.57. The van der Waals surface area contributed by atoms with Crippen LogP contribution in [0.5, 0.6) is 0 Å². The lowest BCUT2D eigenvalue weighted by molar-refractivity contribution is 0.0951. The molecule has 0 aliphatic carbocycles. The van der Waals surface area contributed by atoms with E-state index in [1.54, 1.807) is 18.5 Å². The molecule has 0 radical (unpaired) electrons. The molecule has 0 aliphatic rings. The molecule has 0 saturated heterocycles. The van der Waals surface area contributed by atoms with E-state index in [0.717, 1.165) is 11.1 Å². The van der Waals surface area contributed by atoms with E-state index in [2.05, 4.69) is 10.3 Å². The van der Waals surface area contributed by atoms with E-state index in [4.69, 9.17) is 5.73 Å². The maximum Gasteiger partial charge on any atom is 0.253 e. The first-order valence-electron chi connectivity index (χ1n) is 5.48. The summed E-state index contributed by atoms with van der Waals surface area (Å²) in [5.74, 6) is -0.0749. The van der Waals surface area contributed by atoms with Gasteiger partial charge in [-0.15, -0.1) is 0 Å². The van der Waals surface area contributed by atoms with Gasteiger partial charge in [-0.2, -0.15) is 0 Å². The minimum absolute atomic E-state index is 0.0749. The quantitative estimate of drug-likeness (QED) is 0.741. The highest BCUT2D eigenvalue weighted by atomic mass is 16.1. The molecule has 0 atom stereocenters. The van der Waals surface area contributed by atoms with E-state index in [1.165, 1.54) is 0 Å². The van der Waals surface area contributed by atoms with Gasteiger partial charge in [-0.05, 0) is 17.2 Å². The maximum atomic E-state index is 11.7. The Bertz CT molecular complexity index is 474. The van der Waals surface area contributed by atoms with Gasteiger partial charge in [-0.1, -0.05) is 24.3 Å². The van der Waals surface area contributed by atoms with Crippen LogP contribution in [-0.4, -0.2) is 10.9 Å². The van der Waals surface area contributed by atoms with Gasteiger partial charge >= 0.3 is 0 Å². The summed E-state index contributed by atoms with van der Waals surface area (Å²) in [6.07, 6.45) is 3.40. The van der Waals surface area contributed by atoms with Crippen molar-refractivity contribution in [2.24, 2.45) is 5.73 Å². The second-order valence-electron chi connectivity index (χ2n) is 3.80. The molecule has 4 heteroatoms. The SMILES string of the molecule is NCc1ccc(CNC(=O)c2cc[nH]c2)cc1. The molecule has 4 N–H and O–H groups in total. The van der Waals surface area contributed by atoms with E-state index in [0.29, 0.717) is 18.7 Å². The van der Waals surface area contributed by atoms with Crippen molar-refractivity contribution in [2.45, 2.75) is 13.1 Å². The molecule has 0 saturated carbocycles. The van der Waals surface area contributed by atoms with Crippen LogP contribution in [0.15, 0.2) is 42.7 Å². The molecule has 0 unspecified atom stereocenters. The fourth-order valence-electron chi connectivity index (χ4n) is 1.54. The van der Waals surface area contributed by atoms with Gasteiger partial charge in [-0.3, -0.25) is 4.79 Å². The zero-order chi connectivity index (χ0) is 12.1. The molecule has 17 heavy (non-hydrogen) atoms. The van der Waals surface area contributed by atoms with Gasteiger partial charge in [-0.25, -0.2) is 0 Å². The summed E-state index contributed by atoms with van der Waals surface area (Å²) in [5, 5.41) is 2.85. The molecule has 0 aliphatic heterocycles. The Morgan fingerprint density at radius 1 is 1.18 bits per heavy atom. The third-order valence-corrected chi connectivity index (χ3v) is 2.57. The van der Waals surface area contributed by atoms with Crippen molar-refractivity contribution in [3.05, 3.63) is 59.4 Å². The lowest BCUT2D eigenvalue weighted by Crippen LogP contribution is -2.22. The van der Waals surface area contributed by atoms with Crippen LogP contribution >= 0.6 is 0 Å². The first kappa shape index (κ1) is 11.4. The van der Waals surface area contributed by atoms with Gasteiger partial charge in [0.2, 0.25) is 0 Å². The average Bonchev–Trinajstić information content (AvgIpc) is 2.90. The van der Waals surface area contributed by atoms with Crippen LogP contribution in [0.4, 0.5) is 0 Å². The van der Waals surface area contributed by atoms with Gasteiger partial charge in [0.05, 0.1) is 5.56 Å². The topological polar surface area (TPSA) is 70.9 Å². The molecule has 88 valence electrons. The number of rotatable bonds is 4. The number of carbonyl (C=O) groups is 1. The highest BCUT2D eigenvalue weighted by Gasteiger charge is 2.04. The lowest BCUT2D eigenvalue weighted by Gasteiger charge is -2.04. The number of nitrogens with two attached hydrogens (primary N) is 1. The Hall–Kier alpha value is -2.07. The van der Waals surface area contributed by atoms with Crippen molar-refractivity contribution in [1.29, 1.82) is 0 Å². The fourth-order valence-corrected chi connectivity index (χ4v) is 1.54. The minimum Gasteiger partial charge on any atom is -0.367 e. The maximum absolute atomic E-state index is 11.7. The summed E-state index contributed by atoms with van der Waals surface area (Å²) in [6.45, 7) is 1.06. The van der Waals surface area contributed by atoms with Crippen LogP contribution in [0.3, 0.4) is 0 Å². The highest BCUT2D eigenvalue weighted by Crippen LogP contribution is 2.04.